The molecule has 0 spiro atoms. The predicted molar refractivity (Wildman–Crippen MR) is 153 cm³/mol. The lowest BCUT2D eigenvalue weighted by molar-refractivity contribution is -0.385. The van der Waals surface area contributed by atoms with E-state index in [1.165, 1.54) is 17.2 Å². The summed E-state index contributed by atoms with van der Waals surface area (Å²) in [6, 6.07) is 31.9. The number of hydrogen-bond acceptors (Lipinski definition) is 4. The van der Waals surface area contributed by atoms with Crippen LogP contribution in [0.5, 0.6) is 5.75 Å². The van der Waals surface area contributed by atoms with Gasteiger partial charge in [-0.15, -0.1) is 0 Å². The SMILES string of the molecule is CC1(C)c2ccccc2N2Cc3cc([N+](=O)[O-])ccc3OC21C=Cc1ccc(C=Cc2ccccc2)cc1. The molecule has 0 saturated carbocycles. The Labute approximate surface area is 222 Å². The highest BCUT2D eigenvalue weighted by Gasteiger charge is 2.59. The summed E-state index contributed by atoms with van der Waals surface area (Å²) in [6.45, 7) is 4.92. The average molecular weight is 501 g/mol. The molecule has 0 bridgehead atoms. The minimum absolute atomic E-state index is 0.0727. The largest absolute Gasteiger partial charge is 0.463 e. The van der Waals surface area contributed by atoms with Gasteiger partial charge in [0.15, 0.2) is 0 Å². The summed E-state index contributed by atoms with van der Waals surface area (Å²) < 4.78 is 6.81. The minimum Gasteiger partial charge on any atom is -0.463 e. The molecule has 4 aromatic carbocycles. The van der Waals surface area contributed by atoms with Gasteiger partial charge in [-0.25, -0.2) is 0 Å². The molecule has 1 unspecified atom stereocenters. The molecule has 1 atom stereocenters. The van der Waals surface area contributed by atoms with Gasteiger partial charge in [0.2, 0.25) is 5.72 Å². The van der Waals surface area contributed by atoms with E-state index in [0.29, 0.717) is 12.3 Å². The molecule has 6 rings (SSSR count). The van der Waals surface area contributed by atoms with Gasteiger partial charge in [-0.3, -0.25) is 10.1 Å². The van der Waals surface area contributed by atoms with Gasteiger partial charge < -0.3 is 9.64 Å². The molecule has 2 aliphatic rings. The fourth-order valence-corrected chi connectivity index (χ4v) is 5.59. The Kier molecular flexibility index (Phi) is 5.64. The Hall–Kier alpha value is -4.64. The van der Waals surface area contributed by atoms with Crippen LogP contribution >= 0.6 is 0 Å². The summed E-state index contributed by atoms with van der Waals surface area (Å²) in [5.41, 5.74) is 5.36. The Morgan fingerprint density at radius 1 is 0.816 bits per heavy atom. The van der Waals surface area contributed by atoms with Gasteiger partial charge in [0.25, 0.3) is 5.69 Å². The molecule has 0 aliphatic carbocycles. The second-order valence-electron chi connectivity index (χ2n) is 10.3. The van der Waals surface area contributed by atoms with Crippen molar-refractivity contribution >= 4 is 29.6 Å². The lowest BCUT2D eigenvalue weighted by Gasteiger charge is -2.48. The Morgan fingerprint density at radius 3 is 2.16 bits per heavy atom. The Morgan fingerprint density at radius 2 is 1.45 bits per heavy atom. The molecule has 0 saturated heterocycles. The number of nitro benzene ring substituents is 1. The number of ether oxygens (including phenoxy) is 1. The number of rotatable bonds is 5. The maximum Gasteiger partial charge on any atom is 0.270 e. The van der Waals surface area contributed by atoms with Gasteiger partial charge in [0.05, 0.1) is 16.9 Å². The van der Waals surface area contributed by atoms with Crippen molar-refractivity contribution in [2.75, 3.05) is 4.90 Å². The summed E-state index contributed by atoms with van der Waals surface area (Å²) in [5.74, 6) is 0.679. The molecule has 0 aromatic heterocycles. The van der Waals surface area contributed by atoms with Gasteiger partial charge in [-0.2, -0.15) is 0 Å². The summed E-state index contributed by atoms with van der Waals surface area (Å²) in [5, 5.41) is 11.4. The van der Waals surface area contributed by atoms with Crippen molar-refractivity contribution in [2.24, 2.45) is 0 Å². The molecule has 0 radical (unpaired) electrons. The zero-order valence-corrected chi connectivity index (χ0v) is 21.4. The van der Waals surface area contributed by atoms with E-state index in [1.807, 2.05) is 24.3 Å². The molecular formula is C33H28N2O3. The number of anilines is 1. The molecule has 0 amide bonds. The lowest BCUT2D eigenvalue weighted by atomic mass is 9.76. The van der Waals surface area contributed by atoms with Gasteiger partial charge >= 0.3 is 0 Å². The van der Waals surface area contributed by atoms with Gasteiger partial charge in [0.1, 0.15) is 5.75 Å². The van der Waals surface area contributed by atoms with E-state index in [-0.39, 0.29) is 16.0 Å². The maximum absolute atomic E-state index is 11.4. The molecule has 188 valence electrons. The van der Waals surface area contributed by atoms with Gasteiger partial charge in [-0.1, -0.05) is 91.0 Å². The van der Waals surface area contributed by atoms with Gasteiger partial charge in [0, 0.05) is 23.4 Å². The second-order valence-corrected chi connectivity index (χ2v) is 10.3. The quantitative estimate of drug-likeness (QED) is 0.159. The third-order valence-corrected chi connectivity index (χ3v) is 7.72. The van der Waals surface area contributed by atoms with Crippen molar-refractivity contribution in [3.63, 3.8) is 0 Å². The predicted octanol–water partition coefficient (Wildman–Crippen LogP) is 7.87. The van der Waals surface area contributed by atoms with E-state index in [0.717, 1.165) is 22.4 Å². The van der Waals surface area contributed by atoms with E-state index in [2.05, 4.69) is 97.6 Å². The number of nitrogens with zero attached hydrogens (tertiary/aromatic N) is 2. The van der Waals surface area contributed by atoms with E-state index < -0.39 is 5.72 Å². The molecule has 5 nitrogen and oxygen atoms in total. The second kappa shape index (κ2) is 9.03. The smallest absolute Gasteiger partial charge is 0.270 e. The average Bonchev–Trinajstić information content (AvgIpc) is 3.13. The summed E-state index contributed by atoms with van der Waals surface area (Å²) >= 11 is 0. The van der Waals surface area contributed by atoms with Crippen molar-refractivity contribution in [1.82, 2.24) is 0 Å². The first-order valence-electron chi connectivity index (χ1n) is 12.7. The molecule has 4 aromatic rings. The fraction of sp³-hybridized carbons (Fsp3) is 0.152. The van der Waals surface area contributed by atoms with E-state index >= 15 is 0 Å². The maximum atomic E-state index is 11.4. The van der Waals surface area contributed by atoms with E-state index in [1.54, 1.807) is 12.1 Å². The van der Waals surface area contributed by atoms with Crippen molar-refractivity contribution in [3.05, 3.63) is 141 Å². The Bertz CT molecular complexity index is 1570. The van der Waals surface area contributed by atoms with Crippen LogP contribution in [0.3, 0.4) is 0 Å². The minimum atomic E-state index is -0.786. The summed E-state index contributed by atoms with van der Waals surface area (Å²) in [4.78, 5) is 13.3. The molecular weight excluding hydrogens is 472 g/mol. The number of non-ortho nitro benzene ring substituents is 1. The number of para-hydroxylation sites is 1. The van der Waals surface area contributed by atoms with Crippen molar-refractivity contribution in [2.45, 2.75) is 31.5 Å². The number of hydrogen-bond donors (Lipinski definition) is 0. The van der Waals surface area contributed by atoms with E-state index in [4.69, 9.17) is 4.74 Å². The highest BCUT2D eigenvalue weighted by molar-refractivity contribution is 5.73. The number of benzene rings is 4. The van der Waals surface area contributed by atoms with Crippen LogP contribution in [0, 0.1) is 10.1 Å². The first-order chi connectivity index (χ1) is 18.4. The number of nitro groups is 1. The zero-order valence-electron chi connectivity index (χ0n) is 21.4. The molecule has 0 N–H and O–H groups in total. The molecule has 0 fully saturated rings. The molecule has 5 heteroatoms. The molecule has 2 heterocycles. The highest BCUT2D eigenvalue weighted by atomic mass is 16.6. The van der Waals surface area contributed by atoms with E-state index in [9.17, 15) is 10.1 Å². The topological polar surface area (TPSA) is 55.6 Å². The fourth-order valence-electron chi connectivity index (χ4n) is 5.59. The van der Waals surface area contributed by atoms with Crippen molar-refractivity contribution in [1.29, 1.82) is 0 Å². The van der Waals surface area contributed by atoms with Crippen LogP contribution in [0.15, 0.2) is 103 Å². The Balaban J connectivity index is 1.36. The monoisotopic (exact) mass is 500 g/mol. The van der Waals surface area contributed by atoms with Crippen LogP contribution in [-0.2, 0) is 12.0 Å². The standard InChI is InChI=1S/C33H28N2O3/c1-32(2)29-10-6-7-11-30(29)34-23-27-22-28(35(36)37)18-19-31(27)38-33(32,34)21-20-26-16-14-25(15-17-26)13-12-24-8-4-3-5-9-24/h3-22H,23H2,1-2H3. The zero-order chi connectivity index (χ0) is 26.3. The first kappa shape index (κ1) is 23.7. The summed E-state index contributed by atoms with van der Waals surface area (Å²) in [7, 11) is 0. The normalized spacial score (nSPS) is 19.2. The van der Waals surface area contributed by atoms with Crippen LogP contribution in [-0.4, -0.2) is 10.6 Å². The molecule has 38 heavy (non-hydrogen) atoms. The molecule has 2 aliphatic heterocycles. The summed E-state index contributed by atoms with van der Waals surface area (Å²) in [6.07, 6.45) is 8.48. The third-order valence-electron chi connectivity index (χ3n) is 7.72. The lowest BCUT2D eigenvalue weighted by Crippen LogP contribution is -2.60. The number of fused-ring (bicyclic) bond motifs is 4. The highest BCUT2D eigenvalue weighted by Crippen LogP contribution is 2.56. The first-order valence-corrected chi connectivity index (χ1v) is 12.7. The van der Waals surface area contributed by atoms with Gasteiger partial charge in [-0.05, 0) is 54.3 Å². The van der Waals surface area contributed by atoms with Crippen LogP contribution in [0.1, 0.15) is 41.7 Å². The van der Waals surface area contributed by atoms with Crippen LogP contribution < -0.4 is 9.64 Å². The van der Waals surface area contributed by atoms with Crippen LogP contribution in [0.4, 0.5) is 11.4 Å². The van der Waals surface area contributed by atoms with Crippen molar-refractivity contribution in [3.8, 4) is 5.75 Å². The van der Waals surface area contributed by atoms with Crippen molar-refractivity contribution < 1.29 is 9.66 Å². The third kappa shape index (κ3) is 3.88. The van der Waals surface area contributed by atoms with Crippen LogP contribution in [0.25, 0.3) is 18.2 Å². The van der Waals surface area contributed by atoms with Crippen LogP contribution in [0.2, 0.25) is 0 Å².